The number of nitrogens with one attached hydrogen (secondary N) is 1. The van der Waals surface area contributed by atoms with Crippen LogP contribution in [0.1, 0.15) is 40.5 Å². The van der Waals surface area contributed by atoms with Crippen molar-refractivity contribution < 1.29 is 0 Å². The summed E-state index contributed by atoms with van der Waals surface area (Å²) in [4.78, 5) is 10.8. The molecule has 5 heteroatoms. The molecule has 0 amide bonds. The normalized spacial score (nSPS) is 11.1. The molecule has 1 heterocycles. The Labute approximate surface area is 110 Å². The Morgan fingerprint density at radius 2 is 1.94 bits per heavy atom. The summed E-state index contributed by atoms with van der Waals surface area (Å²) in [6.07, 6.45) is 3.78. The largest absolute Gasteiger partial charge is 0.353 e. The van der Waals surface area contributed by atoms with Crippen molar-refractivity contribution >= 4 is 11.6 Å². The van der Waals surface area contributed by atoms with E-state index in [1.807, 2.05) is 6.07 Å². The first kappa shape index (κ1) is 14.7. The quantitative estimate of drug-likeness (QED) is 0.575. The Balaban J connectivity index is 2.99. The van der Waals surface area contributed by atoms with Crippen molar-refractivity contribution in [1.29, 1.82) is 0 Å². The van der Waals surface area contributed by atoms with Gasteiger partial charge in [0.05, 0.1) is 0 Å². The molecule has 1 aromatic heterocycles. The smallest absolute Gasteiger partial charge is 0.145 e. The average Bonchev–Trinajstić information content (AvgIpc) is 2.38. The molecule has 0 bridgehead atoms. The van der Waals surface area contributed by atoms with Gasteiger partial charge in [0.15, 0.2) is 0 Å². The Morgan fingerprint density at radius 1 is 1.28 bits per heavy atom. The fourth-order valence-corrected chi connectivity index (χ4v) is 2.14. The van der Waals surface area contributed by atoms with Crippen molar-refractivity contribution in [3.63, 3.8) is 0 Å². The van der Waals surface area contributed by atoms with Crippen molar-refractivity contribution in [3.8, 4) is 0 Å². The molecule has 0 aliphatic carbocycles. The first-order valence-corrected chi connectivity index (χ1v) is 6.67. The van der Waals surface area contributed by atoms with Crippen molar-refractivity contribution in [2.75, 3.05) is 16.9 Å². The van der Waals surface area contributed by atoms with E-state index in [0.717, 1.165) is 25.2 Å². The lowest BCUT2D eigenvalue weighted by atomic mass is 10.1. The maximum Gasteiger partial charge on any atom is 0.145 e. The van der Waals surface area contributed by atoms with Crippen LogP contribution in [-0.4, -0.2) is 22.6 Å². The molecule has 0 saturated heterocycles. The number of nitrogen functional groups attached to an aromatic ring is 1. The van der Waals surface area contributed by atoms with E-state index >= 15 is 0 Å². The van der Waals surface area contributed by atoms with Gasteiger partial charge in [-0.3, -0.25) is 0 Å². The molecule has 0 saturated carbocycles. The fraction of sp³-hybridized carbons (Fsp3) is 0.692. The molecule has 1 aromatic rings. The van der Waals surface area contributed by atoms with Crippen LogP contribution in [0.15, 0.2) is 12.4 Å². The standard InChI is InChI=1S/C13H25N5/c1-5-11(6-2)18(8-10(3)4)13-7-12(17-14)15-9-16-13/h7,9-11H,5-6,8,14H2,1-4H3,(H,15,16,17). The van der Waals surface area contributed by atoms with Crippen LogP contribution in [0.4, 0.5) is 11.6 Å². The lowest BCUT2D eigenvalue weighted by molar-refractivity contribution is 0.503. The number of rotatable bonds is 7. The Bertz CT molecular complexity index is 349. The highest BCUT2D eigenvalue weighted by Crippen LogP contribution is 2.21. The molecule has 3 N–H and O–H groups in total. The topological polar surface area (TPSA) is 67.1 Å². The SMILES string of the molecule is CCC(CC)N(CC(C)C)c1cc(NN)ncn1. The maximum atomic E-state index is 5.40. The highest BCUT2D eigenvalue weighted by molar-refractivity contribution is 5.48. The van der Waals surface area contributed by atoms with Crippen LogP contribution in [0.3, 0.4) is 0 Å². The third-order valence-corrected chi connectivity index (χ3v) is 3.04. The van der Waals surface area contributed by atoms with Crippen LogP contribution in [0.2, 0.25) is 0 Å². The molecule has 1 rings (SSSR count). The number of anilines is 2. The van der Waals surface area contributed by atoms with E-state index in [1.165, 1.54) is 0 Å². The molecule has 0 aliphatic rings. The average molecular weight is 251 g/mol. The molecule has 0 unspecified atom stereocenters. The number of nitrogens with two attached hydrogens (primary N) is 1. The molecule has 5 nitrogen and oxygen atoms in total. The number of hydrazine groups is 1. The Morgan fingerprint density at radius 3 is 2.44 bits per heavy atom. The van der Waals surface area contributed by atoms with Gasteiger partial charge < -0.3 is 10.3 Å². The van der Waals surface area contributed by atoms with E-state index in [4.69, 9.17) is 5.84 Å². The molecule has 0 aromatic carbocycles. The number of nitrogens with zero attached hydrogens (tertiary/aromatic N) is 3. The van der Waals surface area contributed by atoms with E-state index < -0.39 is 0 Å². The van der Waals surface area contributed by atoms with E-state index in [2.05, 4.69) is 48.0 Å². The summed E-state index contributed by atoms with van der Waals surface area (Å²) in [5.74, 6) is 7.59. The van der Waals surface area contributed by atoms with Crippen molar-refractivity contribution in [1.82, 2.24) is 9.97 Å². The Kier molecular flexibility index (Phi) is 5.85. The monoisotopic (exact) mass is 251 g/mol. The van der Waals surface area contributed by atoms with Crippen molar-refractivity contribution in [2.45, 2.75) is 46.6 Å². The fourth-order valence-electron chi connectivity index (χ4n) is 2.14. The van der Waals surface area contributed by atoms with Gasteiger partial charge in [0.2, 0.25) is 0 Å². The minimum Gasteiger partial charge on any atom is -0.353 e. The van der Waals surface area contributed by atoms with Gasteiger partial charge in [-0.25, -0.2) is 15.8 Å². The van der Waals surface area contributed by atoms with Gasteiger partial charge in [0.25, 0.3) is 0 Å². The second kappa shape index (κ2) is 7.16. The van der Waals surface area contributed by atoms with Gasteiger partial charge in [-0.15, -0.1) is 0 Å². The van der Waals surface area contributed by atoms with Crippen LogP contribution in [0, 0.1) is 5.92 Å². The summed E-state index contributed by atoms with van der Waals surface area (Å²) in [6.45, 7) is 9.86. The second-order valence-corrected chi connectivity index (χ2v) is 4.92. The predicted molar refractivity (Wildman–Crippen MR) is 76.4 cm³/mol. The van der Waals surface area contributed by atoms with Crippen LogP contribution in [0.25, 0.3) is 0 Å². The van der Waals surface area contributed by atoms with Crippen LogP contribution in [-0.2, 0) is 0 Å². The zero-order chi connectivity index (χ0) is 13.5. The summed E-state index contributed by atoms with van der Waals surface area (Å²) in [6, 6.07) is 2.41. The molecule has 0 aliphatic heterocycles. The van der Waals surface area contributed by atoms with E-state index in [-0.39, 0.29) is 0 Å². The molecule has 0 atom stereocenters. The highest BCUT2D eigenvalue weighted by Gasteiger charge is 2.18. The van der Waals surface area contributed by atoms with Crippen LogP contribution < -0.4 is 16.2 Å². The molecule has 0 spiro atoms. The summed E-state index contributed by atoms with van der Waals surface area (Å²) in [5.41, 5.74) is 2.57. The first-order valence-electron chi connectivity index (χ1n) is 6.67. The summed E-state index contributed by atoms with van der Waals surface area (Å²) in [5, 5.41) is 0. The van der Waals surface area contributed by atoms with E-state index in [9.17, 15) is 0 Å². The van der Waals surface area contributed by atoms with Gasteiger partial charge in [-0.2, -0.15) is 0 Å². The van der Waals surface area contributed by atoms with Gasteiger partial charge in [0.1, 0.15) is 18.0 Å². The number of aromatic nitrogens is 2. The lowest BCUT2D eigenvalue weighted by Gasteiger charge is -2.33. The first-order chi connectivity index (χ1) is 8.62. The summed E-state index contributed by atoms with van der Waals surface area (Å²) >= 11 is 0. The van der Waals surface area contributed by atoms with Gasteiger partial charge >= 0.3 is 0 Å². The minimum absolute atomic E-state index is 0.507. The molecular weight excluding hydrogens is 226 g/mol. The van der Waals surface area contributed by atoms with Crippen LogP contribution >= 0.6 is 0 Å². The van der Waals surface area contributed by atoms with Crippen LogP contribution in [0.5, 0.6) is 0 Å². The number of hydrogen-bond acceptors (Lipinski definition) is 5. The predicted octanol–water partition coefficient (Wildman–Crippen LogP) is 2.41. The van der Waals surface area contributed by atoms with E-state index in [1.54, 1.807) is 6.33 Å². The molecule has 0 fully saturated rings. The molecule has 102 valence electrons. The summed E-state index contributed by atoms with van der Waals surface area (Å²) < 4.78 is 0. The van der Waals surface area contributed by atoms with Gasteiger partial charge in [-0.05, 0) is 18.8 Å². The third-order valence-electron chi connectivity index (χ3n) is 3.04. The third kappa shape index (κ3) is 3.84. The zero-order valence-electron chi connectivity index (χ0n) is 11.8. The Hall–Kier alpha value is -1.36. The highest BCUT2D eigenvalue weighted by atomic mass is 15.3. The van der Waals surface area contributed by atoms with Crippen molar-refractivity contribution in [2.24, 2.45) is 11.8 Å². The minimum atomic E-state index is 0.507. The second-order valence-electron chi connectivity index (χ2n) is 4.92. The molecule has 0 radical (unpaired) electrons. The molecule has 18 heavy (non-hydrogen) atoms. The van der Waals surface area contributed by atoms with E-state index in [0.29, 0.717) is 17.8 Å². The number of hydrogen-bond donors (Lipinski definition) is 2. The van der Waals surface area contributed by atoms with Gasteiger partial charge in [-0.1, -0.05) is 27.7 Å². The molecular formula is C13H25N5. The maximum absolute atomic E-state index is 5.40. The summed E-state index contributed by atoms with van der Waals surface area (Å²) in [7, 11) is 0. The lowest BCUT2D eigenvalue weighted by Crippen LogP contribution is -2.38. The zero-order valence-corrected chi connectivity index (χ0v) is 11.8. The van der Waals surface area contributed by atoms with Crippen molar-refractivity contribution in [3.05, 3.63) is 12.4 Å². The van der Waals surface area contributed by atoms with Gasteiger partial charge in [0, 0.05) is 18.7 Å².